The summed E-state index contributed by atoms with van der Waals surface area (Å²) in [6.07, 6.45) is 7.16. The Morgan fingerprint density at radius 3 is 2.18 bits per heavy atom. The van der Waals surface area contributed by atoms with Crippen molar-refractivity contribution in [3.8, 4) is 0 Å². The number of nitrogens with one attached hydrogen (secondary N) is 2. The van der Waals surface area contributed by atoms with Crippen LogP contribution in [0.2, 0.25) is 0 Å². The van der Waals surface area contributed by atoms with Gasteiger partial charge < -0.3 is 16.4 Å². The zero-order valence-electron chi connectivity index (χ0n) is 16.6. The first-order valence-corrected chi connectivity index (χ1v) is 11.1. The van der Waals surface area contributed by atoms with Gasteiger partial charge in [0.2, 0.25) is 11.8 Å². The molecule has 5 rings (SSSR count). The largest absolute Gasteiger partial charge is 0.365 e. The van der Waals surface area contributed by atoms with Crippen LogP contribution in [0.5, 0.6) is 0 Å². The Bertz CT molecular complexity index is 794. The maximum Gasteiger partial charge on any atom is 0.251 e. The molecule has 0 unspecified atom stereocenters. The van der Waals surface area contributed by atoms with Crippen molar-refractivity contribution < 1.29 is 14.4 Å². The summed E-state index contributed by atoms with van der Waals surface area (Å²) in [6, 6.07) is 0. The third-order valence-corrected chi connectivity index (χ3v) is 8.16. The number of primary amides is 1. The summed E-state index contributed by atoms with van der Waals surface area (Å²) >= 11 is 1.36. The summed E-state index contributed by atoms with van der Waals surface area (Å²) in [5, 5.41) is 6.31. The number of carbonyl (C=O) groups is 3. The van der Waals surface area contributed by atoms with Gasteiger partial charge in [0, 0.05) is 23.3 Å². The SMILES string of the molecule is Cc1sc(NC(=O)CCNC(=O)C23CC4CC(CC(C4)C2)C3)c(C(N)=O)c1C. The number of nitrogens with two attached hydrogens (primary N) is 1. The zero-order valence-corrected chi connectivity index (χ0v) is 17.4. The number of amides is 3. The second-order valence-corrected chi connectivity index (χ2v) is 10.3. The van der Waals surface area contributed by atoms with Crippen LogP contribution >= 0.6 is 11.3 Å². The Hall–Kier alpha value is -1.89. The second kappa shape index (κ2) is 7.17. The third-order valence-electron chi connectivity index (χ3n) is 7.04. The van der Waals surface area contributed by atoms with Crippen LogP contribution in [-0.2, 0) is 9.59 Å². The van der Waals surface area contributed by atoms with Gasteiger partial charge in [0.05, 0.1) is 5.56 Å². The predicted molar refractivity (Wildman–Crippen MR) is 109 cm³/mol. The van der Waals surface area contributed by atoms with Crippen molar-refractivity contribution >= 4 is 34.1 Å². The van der Waals surface area contributed by atoms with Gasteiger partial charge in [-0.3, -0.25) is 14.4 Å². The molecule has 0 saturated heterocycles. The molecule has 4 N–H and O–H groups in total. The van der Waals surface area contributed by atoms with Crippen LogP contribution in [0.3, 0.4) is 0 Å². The maximum atomic E-state index is 12.9. The van der Waals surface area contributed by atoms with E-state index < -0.39 is 5.91 Å². The molecule has 0 aliphatic heterocycles. The predicted octanol–water partition coefficient (Wildman–Crippen LogP) is 3.13. The van der Waals surface area contributed by atoms with Crippen LogP contribution < -0.4 is 16.4 Å². The number of carbonyl (C=O) groups excluding carboxylic acids is 3. The quantitative estimate of drug-likeness (QED) is 0.680. The van der Waals surface area contributed by atoms with Crippen LogP contribution in [0.4, 0.5) is 5.00 Å². The topological polar surface area (TPSA) is 101 Å². The van der Waals surface area contributed by atoms with E-state index >= 15 is 0 Å². The fourth-order valence-corrected chi connectivity index (χ4v) is 7.15. The van der Waals surface area contributed by atoms with Crippen LogP contribution in [0, 0.1) is 37.0 Å². The molecule has 152 valence electrons. The Morgan fingerprint density at radius 2 is 1.64 bits per heavy atom. The van der Waals surface area contributed by atoms with Crippen molar-refractivity contribution in [1.82, 2.24) is 5.32 Å². The van der Waals surface area contributed by atoms with Gasteiger partial charge in [-0.1, -0.05) is 0 Å². The van der Waals surface area contributed by atoms with Crippen molar-refractivity contribution in [2.24, 2.45) is 28.9 Å². The molecular formula is C21H29N3O3S. The monoisotopic (exact) mass is 403 g/mol. The number of rotatable bonds is 6. The fourth-order valence-electron chi connectivity index (χ4n) is 6.07. The highest BCUT2D eigenvalue weighted by atomic mass is 32.1. The minimum atomic E-state index is -0.535. The van der Waals surface area contributed by atoms with E-state index in [0.29, 0.717) is 17.1 Å². The minimum absolute atomic E-state index is 0.139. The Labute approximate surface area is 169 Å². The lowest BCUT2D eigenvalue weighted by Gasteiger charge is -2.55. The second-order valence-electron chi connectivity index (χ2n) is 9.10. The Morgan fingerprint density at radius 1 is 1.07 bits per heavy atom. The van der Waals surface area contributed by atoms with E-state index in [1.165, 1.54) is 30.6 Å². The average Bonchev–Trinajstić information content (AvgIpc) is 2.87. The summed E-state index contributed by atoms with van der Waals surface area (Å²) in [7, 11) is 0. The fraction of sp³-hybridized carbons (Fsp3) is 0.667. The van der Waals surface area contributed by atoms with Gasteiger partial charge in [-0.2, -0.15) is 0 Å². The Balaban J connectivity index is 1.31. The summed E-state index contributed by atoms with van der Waals surface area (Å²) in [4.78, 5) is 37.9. The van der Waals surface area contributed by atoms with Crippen molar-refractivity contribution in [2.75, 3.05) is 11.9 Å². The van der Waals surface area contributed by atoms with Gasteiger partial charge in [0.15, 0.2) is 0 Å². The first-order chi connectivity index (χ1) is 13.3. The molecule has 0 spiro atoms. The van der Waals surface area contributed by atoms with E-state index in [1.807, 2.05) is 13.8 Å². The molecular weight excluding hydrogens is 374 g/mol. The molecule has 1 aromatic rings. The minimum Gasteiger partial charge on any atom is -0.365 e. The summed E-state index contributed by atoms with van der Waals surface area (Å²) in [5.74, 6) is 1.55. The van der Waals surface area contributed by atoms with Crippen molar-refractivity contribution in [1.29, 1.82) is 0 Å². The summed E-state index contributed by atoms with van der Waals surface area (Å²) in [6.45, 7) is 4.04. The highest BCUT2D eigenvalue weighted by molar-refractivity contribution is 7.16. The molecule has 4 saturated carbocycles. The average molecular weight is 404 g/mol. The van der Waals surface area contributed by atoms with E-state index in [1.54, 1.807) is 0 Å². The molecule has 4 bridgehead atoms. The molecule has 4 fully saturated rings. The number of hydrogen-bond donors (Lipinski definition) is 3. The summed E-state index contributed by atoms with van der Waals surface area (Å²) < 4.78 is 0. The third kappa shape index (κ3) is 3.45. The van der Waals surface area contributed by atoms with Gasteiger partial charge >= 0.3 is 0 Å². The number of aryl methyl sites for hydroxylation is 1. The van der Waals surface area contributed by atoms with Crippen LogP contribution in [0.15, 0.2) is 0 Å². The molecule has 1 aromatic heterocycles. The highest BCUT2D eigenvalue weighted by Crippen LogP contribution is 2.60. The lowest BCUT2D eigenvalue weighted by molar-refractivity contribution is -0.146. The molecule has 4 aliphatic rings. The molecule has 4 aliphatic carbocycles. The first-order valence-electron chi connectivity index (χ1n) is 10.3. The van der Waals surface area contributed by atoms with Crippen LogP contribution in [-0.4, -0.2) is 24.3 Å². The zero-order chi connectivity index (χ0) is 20.1. The standard InChI is InChI=1S/C21H29N3O3S/c1-11-12(2)28-19(17(11)18(22)26)24-16(25)3-4-23-20(27)21-8-13-5-14(9-21)7-15(6-13)10-21/h13-15H,3-10H2,1-2H3,(H2,22,26)(H,23,27)(H,24,25). The molecule has 28 heavy (non-hydrogen) atoms. The molecule has 0 aromatic carbocycles. The first kappa shape index (κ1) is 19.4. The van der Waals surface area contributed by atoms with Crippen molar-refractivity contribution in [2.45, 2.75) is 58.8 Å². The van der Waals surface area contributed by atoms with Gasteiger partial charge in [-0.05, 0) is 75.7 Å². The van der Waals surface area contributed by atoms with E-state index in [-0.39, 0.29) is 23.7 Å². The number of anilines is 1. The van der Waals surface area contributed by atoms with Gasteiger partial charge in [0.1, 0.15) is 5.00 Å². The number of thiophene rings is 1. The smallest absolute Gasteiger partial charge is 0.251 e. The van der Waals surface area contributed by atoms with Crippen LogP contribution in [0.1, 0.15) is 65.7 Å². The van der Waals surface area contributed by atoms with Gasteiger partial charge in [-0.15, -0.1) is 11.3 Å². The highest BCUT2D eigenvalue weighted by Gasteiger charge is 2.54. The normalized spacial score (nSPS) is 30.3. The van der Waals surface area contributed by atoms with E-state index in [9.17, 15) is 14.4 Å². The van der Waals surface area contributed by atoms with Crippen molar-refractivity contribution in [3.63, 3.8) is 0 Å². The molecule has 7 heteroatoms. The van der Waals surface area contributed by atoms with Crippen LogP contribution in [0.25, 0.3) is 0 Å². The molecule has 3 amide bonds. The van der Waals surface area contributed by atoms with Crippen molar-refractivity contribution in [3.05, 3.63) is 16.0 Å². The molecule has 6 nitrogen and oxygen atoms in total. The van der Waals surface area contributed by atoms with E-state index in [2.05, 4.69) is 10.6 Å². The van der Waals surface area contributed by atoms with Gasteiger partial charge in [-0.25, -0.2) is 0 Å². The lowest BCUT2D eigenvalue weighted by atomic mass is 9.49. The molecule has 1 heterocycles. The molecule has 0 radical (unpaired) electrons. The number of hydrogen-bond acceptors (Lipinski definition) is 4. The van der Waals surface area contributed by atoms with Gasteiger partial charge in [0.25, 0.3) is 5.91 Å². The molecule has 0 atom stereocenters. The lowest BCUT2D eigenvalue weighted by Crippen LogP contribution is -2.53. The van der Waals surface area contributed by atoms with E-state index in [4.69, 9.17) is 5.73 Å². The Kier molecular flexibility index (Phi) is 4.98. The summed E-state index contributed by atoms with van der Waals surface area (Å²) in [5.41, 5.74) is 6.45. The maximum absolute atomic E-state index is 12.9. The van der Waals surface area contributed by atoms with E-state index in [0.717, 1.165) is 47.5 Å².